The predicted molar refractivity (Wildman–Crippen MR) is 46.2 cm³/mol. The Morgan fingerprint density at radius 1 is 1.17 bits per heavy atom. The zero-order valence-electron chi connectivity index (χ0n) is 7.15. The predicted octanol–water partition coefficient (Wildman–Crippen LogP) is 1.56. The zero-order chi connectivity index (χ0) is 8.27. The maximum absolute atomic E-state index is 10.3. The molecule has 0 aliphatic rings. The summed E-state index contributed by atoms with van der Waals surface area (Å²) in [4.78, 5) is 12.3. The van der Waals surface area contributed by atoms with Crippen molar-refractivity contribution >= 4 is 12.0 Å². The molecule has 0 amide bonds. The first-order valence-corrected chi connectivity index (χ1v) is 3.46. The number of nitrogens with zero attached hydrogens (tertiary/aromatic N) is 1. The normalized spacial score (nSPS) is 8.50. The van der Waals surface area contributed by atoms with Gasteiger partial charge in [0.2, 0.25) is 0 Å². The van der Waals surface area contributed by atoms with Crippen molar-refractivity contribution in [3.63, 3.8) is 0 Å². The number of carbonyl (C=O) groups excluding carboxylic acids is 1. The van der Waals surface area contributed by atoms with Crippen molar-refractivity contribution in [1.82, 2.24) is 0 Å². The van der Waals surface area contributed by atoms with E-state index in [2.05, 4.69) is 0 Å². The van der Waals surface area contributed by atoms with Gasteiger partial charge >= 0.3 is 17.4 Å². The third-order valence-electron chi connectivity index (χ3n) is 1.55. The van der Waals surface area contributed by atoms with Crippen molar-refractivity contribution in [2.24, 2.45) is 0 Å². The van der Waals surface area contributed by atoms with Crippen molar-refractivity contribution in [3.05, 3.63) is 29.8 Å². The second-order valence-electron chi connectivity index (χ2n) is 2.60. The minimum atomic E-state index is 0. The summed E-state index contributed by atoms with van der Waals surface area (Å²) >= 11 is 0. The Morgan fingerprint density at radius 3 is 2.00 bits per heavy atom. The first-order valence-electron chi connectivity index (χ1n) is 3.46. The van der Waals surface area contributed by atoms with E-state index in [-0.39, 0.29) is 17.4 Å². The summed E-state index contributed by atoms with van der Waals surface area (Å²) in [5.41, 5.74) is 1.83. The van der Waals surface area contributed by atoms with Crippen molar-refractivity contribution < 1.29 is 22.2 Å². The van der Waals surface area contributed by atoms with Gasteiger partial charge in [-0.25, -0.2) is 0 Å². The number of rotatable bonds is 2. The molecule has 0 N–H and O–H groups in total. The Labute approximate surface area is 83.3 Å². The van der Waals surface area contributed by atoms with E-state index in [1.807, 2.05) is 43.3 Å². The van der Waals surface area contributed by atoms with E-state index in [0.717, 1.165) is 17.5 Å². The van der Waals surface area contributed by atoms with Crippen molar-refractivity contribution in [1.29, 1.82) is 0 Å². The van der Waals surface area contributed by atoms with Crippen LogP contribution in [0.15, 0.2) is 24.3 Å². The van der Waals surface area contributed by atoms with E-state index in [0.29, 0.717) is 0 Å². The summed E-state index contributed by atoms with van der Waals surface area (Å²) in [6, 6.07) is 7.46. The standard InChI is InChI=1S/C9H11NO.Cr/c1-10(2)9-5-3-8(7-11)4-6-9;/h3-7H,1-2H3;/q;+2. The molecule has 2 nitrogen and oxygen atoms in total. The van der Waals surface area contributed by atoms with E-state index in [1.54, 1.807) is 0 Å². The third kappa shape index (κ3) is 2.69. The zero-order valence-corrected chi connectivity index (χ0v) is 8.43. The average Bonchev–Trinajstić information content (AvgIpc) is 2.05. The van der Waals surface area contributed by atoms with Crippen LogP contribution < -0.4 is 4.90 Å². The first kappa shape index (κ1) is 11.2. The summed E-state index contributed by atoms with van der Waals surface area (Å²) in [6.07, 6.45) is 0.847. The molecule has 0 fully saturated rings. The summed E-state index contributed by atoms with van der Waals surface area (Å²) in [7, 11) is 3.94. The quantitative estimate of drug-likeness (QED) is 0.677. The average molecular weight is 201 g/mol. The Bertz CT molecular complexity index is 243. The molecular weight excluding hydrogens is 190 g/mol. The number of aldehydes is 1. The summed E-state index contributed by atoms with van der Waals surface area (Å²) in [5.74, 6) is 0. The van der Waals surface area contributed by atoms with Crippen LogP contribution in [0.5, 0.6) is 0 Å². The fourth-order valence-electron chi connectivity index (χ4n) is 0.851. The molecule has 0 aromatic heterocycles. The molecule has 0 saturated heterocycles. The molecule has 0 radical (unpaired) electrons. The Kier molecular flexibility index (Phi) is 4.65. The van der Waals surface area contributed by atoms with Gasteiger partial charge in [0, 0.05) is 25.3 Å². The van der Waals surface area contributed by atoms with Crippen LogP contribution in [0.2, 0.25) is 0 Å². The maximum Gasteiger partial charge on any atom is 2.00 e. The molecule has 0 aliphatic heterocycles. The van der Waals surface area contributed by atoms with Crippen molar-refractivity contribution in [3.8, 4) is 0 Å². The minimum absolute atomic E-state index is 0. The van der Waals surface area contributed by atoms with Crippen LogP contribution in [0, 0.1) is 0 Å². The number of carbonyl (C=O) groups is 1. The van der Waals surface area contributed by atoms with Crippen molar-refractivity contribution in [2.45, 2.75) is 0 Å². The topological polar surface area (TPSA) is 20.3 Å². The molecule has 12 heavy (non-hydrogen) atoms. The van der Waals surface area contributed by atoms with Crippen LogP contribution in [0.1, 0.15) is 10.4 Å². The molecule has 0 heterocycles. The molecule has 1 aromatic rings. The SMILES string of the molecule is CN(C)c1ccc(C=O)cc1.[Cr+2]. The Hall–Kier alpha value is -0.778. The first-order chi connectivity index (χ1) is 5.24. The van der Waals surface area contributed by atoms with Crippen LogP contribution in [0.3, 0.4) is 0 Å². The van der Waals surface area contributed by atoms with Gasteiger partial charge in [0.25, 0.3) is 0 Å². The molecule has 0 saturated carbocycles. The van der Waals surface area contributed by atoms with Gasteiger partial charge in [0.05, 0.1) is 0 Å². The van der Waals surface area contributed by atoms with Gasteiger partial charge in [0.1, 0.15) is 6.29 Å². The molecule has 0 aliphatic carbocycles. The summed E-state index contributed by atoms with van der Waals surface area (Å²) < 4.78 is 0. The number of benzene rings is 1. The smallest absolute Gasteiger partial charge is 0.378 e. The summed E-state index contributed by atoms with van der Waals surface area (Å²) in [6.45, 7) is 0. The largest absolute Gasteiger partial charge is 2.00 e. The number of hydrogen-bond donors (Lipinski definition) is 0. The van der Waals surface area contributed by atoms with E-state index in [1.165, 1.54) is 0 Å². The van der Waals surface area contributed by atoms with Gasteiger partial charge in [-0.1, -0.05) is 0 Å². The fraction of sp³-hybridized carbons (Fsp3) is 0.222. The van der Waals surface area contributed by atoms with Crippen LogP contribution in [-0.2, 0) is 17.4 Å². The fourth-order valence-corrected chi connectivity index (χ4v) is 0.851. The third-order valence-corrected chi connectivity index (χ3v) is 1.55. The molecule has 0 bridgehead atoms. The van der Waals surface area contributed by atoms with Gasteiger partial charge in [-0.15, -0.1) is 0 Å². The molecule has 0 atom stereocenters. The molecule has 3 heteroatoms. The van der Waals surface area contributed by atoms with Gasteiger partial charge < -0.3 is 4.90 Å². The Morgan fingerprint density at radius 2 is 1.67 bits per heavy atom. The molecular formula is C9H11CrNO+2. The summed E-state index contributed by atoms with van der Waals surface area (Å²) in [5, 5.41) is 0. The molecule has 1 rings (SSSR count). The second kappa shape index (κ2) is 4.97. The van der Waals surface area contributed by atoms with Gasteiger partial charge in [-0.05, 0) is 24.3 Å². The van der Waals surface area contributed by atoms with Crippen molar-refractivity contribution in [2.75, 3.05) is 19.0 Å². The van der Waals surface area contributed by atoms with Gasteiger partial charge in [-0.3, -0.25) is 4.79 Å². The van der Waals surface area contributed by atoms with Gasteiger partial charge in [0.15, 0.2) is 0 Å². The van der Waals surface area contributed by atoms with Crippen LogP contribution in [-0.4, -0.2) is 20.4 Å². The molecule has 1 aromatic carbocycles. The van der Waals surface area contributed by atoms with Crippen LogP contribution in [0.25, 0.3) is 0 Å². The van der Waals surface area contributed by atoms with Gasteiger partial charge in [-0.2, -0.15) is 0 Å². The van der Waals surface area contributed by atoms with E-state index in [4.69, 9.17) is 0 Å². The molecule has 0 unspecified atom stereocenters. The monoisotopic (exact) mass is 201 g/mol. The maximum atomic E-state index is 10.3. The molecule has 62 valence electrons. The minimum Gasteiger partial charge on any atom is -0.378 e. The van der Waals surface area contributed by atoms with Crippen LogP contribution >= 0.6 is 0 Å². The molecule has 0 spiro atoms. The Balaban J connectivity index is 0.00000121. The number of anilines is 1. The number of hydrogen-bond acceptors (Lipinski definition) is 2. The van der Waals surface area contributed by atoms with E-state index >= 15 is 0 Å². The van der Waals surface area contributed by atoms with E-state index in [9.17, 15) is 4.79 Å². The van der Waals surface area contributed by atoms with E-state index < -0.39 is 0 Å². The second-order valence-corrected chi connectivity index (χ2v) is 2.60. The van der Waals surface area contributed by atoms with Crippen LogP contribution in [0.4, 0.5) is 5.69 Å².